The summed E-state index contributed by atoms with van der Waals surface area (Å²) in [7, 11) is 0. The number of hydrogen-bond donors (Lipinski definition) is 4. The topological polar surface area (TPSA) is 168 Å². The summed E-state index contributed by atoms with van der Waals surface area (Å²) in [5.41, 5.74) is 5.28. The molecule has 1 aliphatic heterocycles. The molecular formula is C18H35N5O7. The van der Waals surface area contributed by atoms with Crippen molar-refractivity contribution in [3.05, 3.63) is 0 Å². The van der Waals surface area contributed by atoms with Gasteiger partial charge in [-0.1, -0.05) is 13.8 Å². The van der Waals surface area contributed by atoms with E-state index in [2.05, 4.69) is 0 Å². The number of hydrogen-bond acceptors (Lipinski definition) is 8. The standard InChI is InChI=1S/C16H29N5O7.C2H6/c17-13(22)9-18-1-3-19(10-14(23)24)5-7-21(12-16(27)28)8-6-20(4-2-18)11-15(25)26;1-2/h1-12H2,(H2,17,22)(H,23,24)(H,25,26)(H,27,28);1-2H3. The van der Waals surface area contributed by atoms with Gasteiger partial charge in [0, 0.05) is 52.4 Å². The molecular weight excluding hydrogens is 398 g/mol. The number of carbonyl (C=O) groups excluding carboxylic acids is 1. The number of carboxylic acids is 3. The predicted molar refractivity (Wildman–Crippen MR) is 109 cm³/mol. The van der Waals surface area contributed by atoms with Gasteiger partial charge in [-0.2, -0.15) is 0 Å². The Morgan fingerprint density at radius 2 is 0.767 bits per heavy atom. The second-order valence-electron chi connectivity index (χ2n) is 6.75. The van der Waals surface area contributed by atoms with Crippen molar-refractivity contribution in [1.29, 1.82) is 0 Å². The van der Waals surface area contributed by atoms with Crippen LogP contribution in [-0.4, -0.2) is 137 Å². The minimum Gasteiger partial charge on any atom is -0.480 e. The lowest BCUT2D eigenvalue weighted by atomic mass is 10.3. The molecule has 0 radical (unpaired) electrons. The molecule has 0 atom stereocenters. The average molecular weight is 434 g/mol. The first kappa shape index (κ1) is 27.7. The molecule has 0 aliphatic carbocycles. The Kier molecular flexibility index (Phi) is 14.4. The molecule has 0 saturated carbocycles. The van der Waals surface area contributed by atoms with Crippen LogP contribution in [0.4, 0.5) is 0 Å². The quantitative estimate of drug-likeness (QED) is 0.333. The molecule has 12 nitrogen and oxygen atoms in total. The van der Waals surface area contributed by atoms with E-state index >= 15 is 0 Å². The van der Waals surface area contributed by atoms with Crippen LogP contribution in [0.1, 0.15) is 13.8 Å². The van der Waals surface area contributed by atoms with Gasteiger partial charge in [-0.05, 0) is 0 Å². The summed E-state index contributed by atoms with van der Waals surface area (Å²) in [5, 5.41) is 27.3. The lowest BCUT2D eigenvalue weighted by molar-refractivity contribution is -0.140. The molecule has 1 saturated heterocycles. The van der Waals surface area contributed by atoms with Crippen LogP contribution >= 0.6 is 0 Å². The summed E-state index contributed by atoms with van der Waals surface area (Å²) >= 11 is 0. The fraction of sp³-hybridized carbons (Fsp3) is 0.778. The van der Waals surface area contributed by atoms with E-state index < -0.39 is 23.8 Å². The van der Waals surface area contributed by atoms with Gasteiger partial charge in [-0.15, -0.1) is 0 Å². The minimum atomic E-state index is -1.01. The molecule has 5 N–H and O–H groups in total. The van der Waals surface area contributed by atoms with Gasteiger partial charge in [0.2, 0.25) is 5.91 Å². The normalized spacial score (nSPS) is 18.3. The number of rotatable bonds is 8. The van der Waals surface area contributed by atoms with E-state index in [0.29, 0.717) is 52.4 Å². The van der Waals surface area contributed by atoms with Crippen LogP contribution in [0.5, 0.6) is 0 Å². The Bertz CT molecular complexity index is 449. The number of aliphatic carboxylic acids is 3. The molecule has 30 heavy (non-hydrogen) atoms. The van der Waals surface area contributed by atoms with E-state index in [4.69, 9.17) is 21.1 Å². The zero-order valence-corrected chi connectivity index (χ0v) is 17.8. The molecule has 0 bridgehead atoms. The Hall–Kier alpha value is -2.28. The fourth-order valence-electron chi connectivity index (χ4n) is 3.01. The van der Waals surface area contributed by atoms with Gasteiger partial charge in [-0.3, -0.25) is 38.8 Å². The second kappa shape index (κ2) is 15.5. The lowest BCUT2D eigenvalue weighted by Gasteiger charge is -2.32. The van der Waals surface area contributed by atoms with Crippen molar-refractivity contribution in [1.82, 2.24) is 19.6 Å². The summed E-state index contributed by atoms with van der Waals surface area (Å²) in [5.74, 6) is -3.51. The van der Waals surface area contributed by atoms with E-state index in [9.17, 15) is 19.2 Å². The van der Waals surface area contributed by atoms with Crippen molar-refractivity contribution in [2.45, 2.75) is 13.8 Å². The third kappa shape index (κ3) is 13.8. The SMILES string of the molecule is CC.NC(=O)CN1CCN(CC(=O)O)CCN(CC(=O)O)CCN(CC(=O)O)CC1. The molecule has 1 rings (SSSR count). The Morgan fingerprint density at radius 3 is 0.933 bits per heavy atom. The van der Waals surface area contributed by atoms with Gasteiger partial charge in [-0.25, -0.2) is 0 Å². The highest BCUT2D eigenvalue weighted by molar-refractivity contribution is 5.76. The lowest BCUT2D eigenvalue weighted by Crippen LogP contribution is -2.49. The molecule has 12 heteroatoms. The molecule has 174 valence electrons. The van der Waals surface area contributed by atoms with E-state index in [0.717, 1.165) is 0 Å². The average Bonchev–Trinajstić information content (AvgIpc) is 2.64. The molecule has 0 aromatic heterocycles. The number of carboxylic acid groups (broad SMARTS) is 3. The summed E-state index contributed by atoms with van der Waals surface area (Å²) in [4.78, 5) is 51.4. The van der Waals surface area contributed by atoms with Crippen LogP contribution in [0.25, 0.3) is 0 Å². The number of carbonyl (C=O) groups is 4. The van der Waals surface area contributed by atoms with Crippen LogP contribution < -0.4 is 5.73 Å². The largest absolute Gasteiger partial charge is 0.480 e. The van der Waals surface area contributed by atoms with Crippen molar-refractivity contribution in [3.8, 4) is 0 Å². The molecule has 1 fully saturated rings. The van der Waals surface area contributed by atoms with E-state index in [-0.39, 0.29) is 26.2 Å². The fourth-order valence-corrected chi connectivity index (χ4v) is 3.01. The van der Waals surface area contributed by atoms with Crippen LogP contribution in [0, 0.1) is 0 Å². The second-order valence-corrected chi connectivity index (χ2v) is 6.75. The highest BCUT2D eigenvalue weighted by Crippen LogP contribution is 2.01. The maximum Gasteiger partial charge on any atom is 0.317 e. The van der Waals surface area contributed by atoms with Crippen LogP contribution in [0.15, 0.2) is 0 Å². The Morgan fingerprint density at radius 1 is 0.567 bits per heavy atom. The molecule has 1 aliphatic rings. The minimum absolute atomic E-state index is 0.00698. The maximum absolute atomic E-state index is 11.3. The van der Waals surface area contributed by atoms with Gasteiger partial charge in [0.05, 0.1) is 26.2 Å². The van der Waals surface area contributed by atoms with Gasteiger partial charge < -0.3 is 21.1 Å². The molecule has 0 aromatic rings. The van der Waals surface area contributed by atoms with Crippen molar-refractivity contribution < 1.29 is 34.5 Å². The number of amides is 1. The van der Waals surface area contributed by atoms with Crippen molar-refractivity contribution in [2.24, 2.45) is 5.73 Å². The Balaban J connectivity index is 0.00000407. The number of primary amides is 1. The predicted octanol–water partition coefficient (Wildman–Crippen LogP) is -2.03. The first-order valence-corrected chi connectivity index (χ1v) is 9.98. The van der Waals surface area contributed by atoms with Crippen LogP contribution in [-0.2, 0) is 19.2 Å². The zero-order valence-electron chi connectivity index (χ0n) is 17.8. The highest BCUT2D eigenvalue weighted by Gasteiger charge is 2.20. The highest BCUT2D eigenvalue weighted by atomic mass is 16.4. The molecule has 1 heterocycles. The number of nitrogens with zero attached hydrogens (tertiary/aromatic N) is 4. The zero-order chi connectivity index (χ0) is 23.1. The first-order valence-electron chi connectivity index (χ1n) is 9.98. The Labute approximate surface area is 176 Å². The summed E-state index contributed by atoms with van der Waals surface area (Å²) in [6.45, 7) is 6.21. The molecule has 0 unspecified atom stereocenters. The van der Waals surface area contributed by atoms with Gasteiger partial charge in [0.1, 0.15) is 0 Å². The number of nitrogens with two attached hydrogens (primary N) is 1. The van der Waals surface area contributed by atoms with Crippen molar-refractivity contribution in [3.63, 3.8) is 0 Å². The third-order valence-electron chi connectivity index (χ3n) is 4.39. The van der Waals surface area contributed by atoms with Gasteiger partial charge in [0.25, 0.3) is 0 Å². The van der Waals surface area contributed by atoms with Crippen molar-refractivity contribution >= 4 is 23.8 Å². The van der Waals surface area contributed by atoms with Crippen molar-refractivity contribution in [2.75, 3.05) is 78.5 Å². The summed E-state index contributed by atoms with van der Waals surface area (Å²) in [6.07, 6.45) is 0. The third-order valence-corrected chi connectivity index (χ3v) is 4.39. The van der Waals surface area contributed by atoms with Gasteiger partial charge >= 0.3 is 17.9 Å². The maximum atomic E-state index is 11.3. The molecule has 1 amide bonds. The van der Waals surface area contributed by atoms with Gasteiger partial charge in [0.15, 0.2) is 0 Å². The summed E-state index contributed by atoms with van der Waals surface area (Å²) < 4.78 is 0. The van der Waals surface area contributed by atoms with E-state index in [1.165, 1.54) is 0 Å². The van der Waals surface area contributed by atoms with E-state index in [1.807, 2.05) is 13.8 Å². The van der Waals surface area contributed by atoms with Crippen LogP contribution in [0.3, 0.4) is 0 Å². The smallest absolute Gasteiger partial charge is 0.317 e. The molecule has 0 spiro atoms. The first-order chi connectivity index (χ1) is 14.2. The monoisotopic (exact) mass is 433 g/mol. The summed E-state index contributed by atoms with van der Waals surface area (Å²) in [6, 6.07) is 0. The van der Waals surface area contributed by atoms with Crippen LogP contribution in [0.2, 0.25) is 0 Å². The van der Waals surface area contributed by atoms with E-state index in [1.54, 1.807) is 19.6 Å². The molecule has 0 aromatic carbocycles.